The molecule has 7 heteroatoms. The lowest BCUT2D eigenvalue weighted by atomic mass is 10.1. The number of benzene rings is 2. The highest BCUT2D eigenvalue weighted by atomic mass is 16.5. The minimum absolute atomic E-state index is 0.0491. The van der Waals surface area contributed by atoms with E-state index in [-0.39, 0.29) is 24.8 Å². The predicted molar refractivity (Wildman–Crippen MR) is 96.6 cm³/mol. The SMILES string of the molecule is COc1ccc(OCC(=O)NCC(=O)Nc2ccc(C(C)=O)cc2)cc1. The van der Waals surface area contributed by atoms with Crippen LogP contribution < -0.4 is 20.1 Å². The number of amides is 2. The molecule has 2 amide bonds. The number of carbonyl (C=O) groups excluding carboxylic acids is 3. The summed E-state index contributed by atoms with van der Waals surface area (Å²) in [5.74, 6) is 0.374. The number of Topliss-reactive ketones (excluding diaryl/α,β-unsaturated/α-hetero) is 1. The molecule has 2 rings (SSSR count). The lowest BCUT2D eigenvalue weighted by Gasteiger charge is -2.09. The fourth-order valence-corrected chi connectivity index (χ4v) is 2.04. The second kappa shape index (κ2) is 9.22. The number of methoxy groups -OCH3 is 1. The van der Waals surface area contributed by atoms with E-state index in [0.717, 1.165) is 0 Å². The first-order valence-corrected chi connectivity index (χ1v) is 7.92. The van der Waals surface area contributed by atoms with Crippen LogP contribution in [-0.2, 0) is 9.59 Å². The zero-order valence-electron chi connectivity index (χ0n) is 14.6. The third-order valence-corrected chi connectivity index (χ3v) is 3.45. The molecule has 2 aromatic carbocycles. The molecule has 0 heterocycles. The first-order valence-electron chi connectivity index (χ1n) is 7.92. The Bertz CT molecular complexity index is 770. The third-order valence-electron chi connectivity index (χ3n) is 3.45. The highest BCUT2D eigenvalue weighted by Crippen LogP contribution is 2.16. The van der Waals surface area contributed by atoms with Crippen LogP contribution in [0.4, 0.5) is 5.69 Å². The minimum Gasteiger partial charge on any atom is -0.497 e. The molecule has 0 saturated carbocycles. The number of nitrogens with one attached hydrogen (secondary N) is 2. The molecule has 136 valence electrons. The van der Waals surface area contributed by atoms with Crippen LogP contribution >= 0.6 is 0 Å². The van der Waals surface area contributed by atoms with E-state index in [1.165, 1.54) is 6.92 Å². The Hall–Kier alpha value is -3.35. The van der Waals surface area contributed by atoms with Gasteiger partial charge in [-0.1, -0.05) is 0 Å². The Morgan fingerprint density at radius 2 is 1.50 bits per heavy atom. The molecular formula is C19H20N2O5. The van der Waals surface area contributed by atoms with Gasteiger partial charge in [0.15, 0.2) is 12.4 Å². The smallest absolute Gasteiger partial charge is 0.258 e. The van der Waals surface area contributed by atoms with Gasteiger partial charge >= 0.3 is 0 Å². The summed E-state index contributed by atoms with van der Waals surface area (Å²) < 4.78 is 10.4. The third kappa shape index (κ3) is 5.94. The van der Waals surface area contributed by atoms with E-state index in [1.54, 1.807) is 55.6 Å². The number of hydrogen-bond acceptors (Lipinski definition) is 5. The van der Waals surface area contributed by atoms with Gasteiger partial charge in [-0.05, 0) is 55.5 Å². The van der Waals surface area contributed by atoms with E-state index in [4.69, 9.17) is 9.47 Å². The number of rotatable bonds is 8. The number of anilines is 1. The fourth-order valence-electron chi connectivity index (χ4n) is 2.04. The van der Waals surface area contributed by atoms with Gasteiger partial charge in [-0.2, -0.15) is 0 Å². The van der Waals surface area contributed by atoms with Crippen molar-refractivity contribution in [3.8, 4) is 11.5 Å². The van der Waals surface area contributed by atoms with E-state index in [2.05, 4.69) is 10.6 Å². The number of ketones is 1. The van der Waals surface area contributed by atoms with Crippen molar-refractivity contribution in [2.45, 2.75) is 6.92 Å². The quantitative estimate of drug-likeness (QED) is 0.706. The lowest BCUT2D eigenvalue weighted by Crippen LogP contribution is -2.35. The number of ether oxygens (including phenoxy) is 2. The second-order valence-corrected chi connectivity index (χ2v) is 5.42. The molecule has 0 aliphatic heterocycles. The van der Waals surface area contributed by atoms with E-state index in [0.29, 0.717) is 22.7 Å². The largest absolute Gasteiger partial charge is 0.497 e. The molecule has 2 aromatic rings. The molecule has 0 atom stereocenters. The molecule has 0 fully saturated rings. The van der Waals surface area contributed by atoms with Crippen molar-refractivity contribution in [2.75, 3.05) is 25.6 Å². The molecule has 7 nitrogen and oxygen atoms in total. The Kier molecular flexibility index (Phi) is 6.73. The zero-order valence-corrected chi connectivity index (χ0v) is 14.6. The van der Waals surface area contributed by atoms with E-state index in [9.17, 15) is 14.4 Å². The minimum atomic E-state index is -0.414. The van der Waals surface area contributed by atoms with Gasteiger partial charge in [0.05, 0.1) is 13.7 Å². The van der Waals surface area contributed by atoms with Gasteiger partial charge in [0.1, 0.15) is 11.5 Å². The monoisotopic (exact) mass is 356 g/mol. The van der Waals surface area contributed by atoms with Crippen molar-refractivity contribution < 1.29 is 23.9 Å². The summed E-state index contributed by atoms with van der Waals surface area (Å²) in [6.07, 6.45) is 0. The van der Waals surface area contributed by atoms with E-state index < -0.39 is 5.91 Å². The van der Waals surface area contributed by atoms with E-state index in [1.807, 2.05) is 0 Å². The van der Waals surface area contributed by atoms with Gasteiger partial charge in [-0.25, -0.2) is 0 Å². The maximum absolute atomic E-state index is 11.8. The molecular weight excluding hydrogens is 336 g/mol. The summed E-state index contributed by atoms with van der Waals surface area (Å²) in [6, 6.07) is 13.3. The molecule has 2 N–H and O–H groups in total. The highest BCUT2D eigenvalue weighted by Gasteiger charge is 2.07. The average molecular weight is 356 g/mol. The average Bonchev–Trinajstić information content (AvgIpc) is 2.65. The molecule has 0 aliphatic carbocycles. The number of hydrogen-bond donors (Lipinski definition) is 2. The molecule has 0 saturated heterocycles. The van der Waals surface area contributed by atoms with Crippen molar-refractivity contribution in [2.24, 2.45) is 0 Å². The van der Waals surface area contributed by atoms with Crippen LogP contribution in [0.2, 0.25) is 0 Å². The van der Waals surface area contributed by atoms with Crippen LogP contribution in [0.1, 0.15) is 17.3 Å². The first-order chi connectivity index (χ1) is 12.5. The van der Waals surface area contributed by atoms with Crippen LogP contribution in [0, 0.1) is 0 Å². The van der Waals surface area contributed by atoms with Crippen molar-refractivity contribution in [1.29, 1.82) is 0 Å². The maximum Gasteiger partial charge on any atom is 0.258 e. The molecule has 0 aromatic heterocycles. The zero-order chi connectivity index (χ0) is 18.9. The van der Waals surface area contributed by atoms with Crippen molar-refractivity contribution >= 4 is 23.3 Å². The normalized spacial score (nSPS) is 9.92. The molecule has 0 radical (unpaired) electrons. The topological polar surface area (TPSA) is 93.7 Å². The van der Waals surface area contributed by atoms with Crippen molar-refractivity contribution in [3.05, 3.63) is 54.1 Å². The van der Waals surface area contributed by atoms with Gasteiger partial charge < -0.3 is 20.1 Å². The van der Waals surface area contributed by atoms with Crippen molar-refractivity contribution in [3.63, 3.8) is 0 Å². The van der Waals surface area contributed by atoms with Gasteiger partial charge in [0.25, 0.3) is 5.91 Å². The summed E-state index contributed by atoms with van der Waals surface area (Å²) in [4.78, 5) is 34.8. The summed E-state index contributed by atoms with van der Waals surface area (Å²) >= 11 is 0. The van der Waals surface area contributed by atoms with E-state index >= 15 is 0 Å². The van der Waals surface area contributed by atoms with Crippen LogP contribution in [0.3, 0.4) is 0 Å². The van der Waals surface area contributed by atoms with Gasteiger partial charge in [0, 0.05) is 11.3 Å². The fraction of sp³-hybridized carbons (Fsp3) is 0.211. The molecule has 0 aliphatic rings. The Balaban J connectivity index is 1.72. The first kappa shape index (κ1) is 19.0. The van der Waals surface area contributed by atoms with Gasteiger partial charge in [0.2, 0.25) is 5.91 Å². The molecule has 0 bridgehead atoms. The van der Waals surface area contributed by atoms with Crippen LogP contribution in [0.25, 0.3) is 0 Å². The lowest BCUT2D eigenvalue weighted by molar-refractivity contribution is -0.125. The van der Waals surface area contributed by atoms with Gasteiger partial charge in [-0.15, -0.1) is 0 Å². The van der Waals surface area contributed by atoms with Crippen LogP contribution in [0.15, 0.2) is 48.5 Å². The number of carbonyl (C=O) groups is 3. The summed E-state index contributed by atoms with van der Waals surface area (Å²) in [7, 11) is 1.56. The van der Waals surface area contributed by atoms with Crippen LogP contribution in [-0.4, -0.2) is 37.9 Å². The summed E-state index contributed by atoms with van der Waals surface area (Å²) in [5.41, 5.74) is 1.11. The Labute approximate surface area is 151 Å². The summed E-state index contributed by atoms with van der Waals surface area (Å²) in [6.45, 7) is 1.09. The summed E-state index contributed by atoms with van der Waals surface area (Å²) in [5, 5.41) is 5.10. The van der Waals surface area contributed by atoms with Gasteiger partial charge in [-0.3, -0.25) is 14.4 Å². The standard InChI is InChI=1S/C19H20N2O5/c1-13(22)14-3-5-15(6-4-14)21-18(23)11-20-19(24)12-26-17-9-7-16(25-2)8-10-17/h3-10H,11-12H2,1-2H3,(H,20,24)(H,21,23). The predicted octanol–water partition coefficient (Wildman–Crippen LogP) is 2.03. The molecule has 26 heavy (non-hydrogen) atoms. The van der Waals surface area contributed by atoms with Crippen LogP contribution in [0.5, 0.6) is 11.5 Å². The highest BCUT2D eigenvalue weighted by molar-refractivity contribution is 5.96. The maximum atomic E-state index is 11.8. The molecule has 0 spiro atoms. The Morgan fingerprint density at radius 1 is 0.885 bits per heavy atom. The molecule has 0 unspecified atom stereocenters. The Morgan fingerprint density at radius 3 is 2.08 bits per heavy atom. The second-order valence-electron chi connectivity index (χ2n) is 5.42. The van der Waals surface area contributed by atoms with Crippen molar-refractivity contribution in [1.82, 2.24) is 5.32 Å².